The van der Waals surface area contributed by atoms with E-state index in [0.717, 1.165) is 6.42 Å². The molecule has 0 saturated heterocycles. The number of carbonyl (C=O) groups excluding carboxylic acids is 1. The third kappa shape index (κ3) is 4.17. The maximum atomic E-state index is 13.2. The molecule has 2 nitrogen and oxygen atoms in total. The zero-order valence-electron chi connectivity index (χ0n) is 12.5. The lowest BCUT2D eigenvalue weighted by Crippen LogP contribution is -2.39. The van der Waals surface area contributed by atoms with Crippen LogP contribution < -0.4 is 5.32 Å². The van der Waals surface area contributed by atoms with Gasteiger partial charge >= 0.3 is 0 Å². The molecule has 3 heteroatoms. The van der Waals surface area contributed by atoms with E-state index in [9.17, 15) is 9.18 Å². The molecule has 0 heterocycles. The van der Waals surface area contributed by atoms with Crippen molar-refractivity contribution in [1.29, 1.82) is 0 Å². The number of amides is 1. The summed E-state index contributed by atoms with van der Waals surface area (Å²) >= 11 is 0. The highest BCUT2D eigenvalue weighted by Crippen LogP contribution is 2.34. The van der Waals surface area contributed by atoms with Gasteiger partial charge in [0.15, 0.2) is 0 Å². The van der Waals surface area contributed by atoms with Gasteiger partial charge in [-0.2, -0.15) is 0 Å². The normalized spacial score (nSPS) is 15.3. The Hall–Kier alpha value is -2.16. The minimum Gasteiger partial charge on any atom is -0.352 e. The standard InChI is InChI=1S/C19H20FNO/c20-17-8-4-7-15(11-17)13-19(22)21-18(16-9-10-16)12-14-5-2-1-3-6-14/h1-8,11,16,18H,9-10,12-13H2,(H,21,22). The Balaban J connectivity index is 1.60. The Labute approximate surface area is 130 Å². The van der Waals surface area contributed by atoms with Crippen molar-refractivity contribution in [3.05, 3.63) is 71.5 Å². The van der Waals surface area contributed by atoms with Crippen molar-refractivity contribution in [2.45, 2.75) is 31.7 Å². The predicted molar refractivity (Wildman–Crippen MR) is 84.9 cm³/mol. The predicted octanol–water partition coefficient (Wildman–Crippen LogP) is 3.51. The van der Waals surface area contributed by atoms with Crippen LogP contribution in [0, 0.1) is 11.7 Å². The molecule has 0 spiro atoms. The monoisotopic (exact) mass is 297 g/mol. The molecule has 1 unspecified atom stereocenters. The second-order valence-corrected chi connectivity index (χ2v) is 6.01. The molecule has 2 aromatic carbocycles. The van der Waals surface area contributed by atoms with E-state index in [0.29, 0.717) is 11.5 Å². The van der Waals surface area contributed by atoms with Crippen LogP contribution in [0.4, 0.5) is 4.39 Å². The van der Waals surface area contributed by atoms with Crippen molar-refractivity contribution < 1.29 is 9.18 Å². The molecule has 0 aliphatic heterocycles. The molecule has 114 valence electrons. The highest BCUT2D eigenvalue weighted by atomic mass is 19.1. The van der Waals surface area contributed by atoms with E-state index in [2.05, 4.69) is 17.4 Å². The molecule has 0 radical (unpaired) electrons. The molecule has 1 fully saturated rings. The van der Waals surface area contributed by atoms with Gasteiger partial charge in [0.1, 0.15) is 5.82 Å². The summed E-state index contributed by atoms with van der Waals surface area (Å²) in [5.41, 5.74) is 1.96. The molecule has 3 rings (SSSR count). The minimum atomic E-state index is -0.298. The summed E-state index contributed by atoms with van der Waals surface area (Å²) in [5.74, 6) is 0.253. The van der Waals surface area contributed by atoms with Gasteiger partial charge in [-0.05, 0) is 48.4 Å². The number of carbonyl (C=O) groups is 1. The van der Waals surface area contributed by atoms with E-state index in [1.54, 1.807) is 12.1 Å². The van der Waals surface area contributed by atoms with Crippen LogP contribution >= 0.6 is 0 Å². The minimum absolute atomic E-state index is 0.0292. The molecule has 1 saturated carbocycles. The molecule has 1 N–H and O–H groups in total. The highest BCUT2D eigenvalue weighted by Gasteiger charge is 2.32. The van der Waals surface area contributed by atoms with Crippen LogP contribution in [0.5, 0.6) is 0 Å². The van der Waals surface area contributed by atoms with E-state index in [1.807, 2.05) is 18.2 Å². The smallest absolute Gasteiger partial charge is 0.224 e. The Kier molecular flexibility index (Phi) is 4.52. The fraction of sp³-hybridized carbons (Fsp3) is 0.316. The molecule has 1 amide bonds. The van der Waals surface area contributed by atoms with Gasteiger partial charge in [0, 0.05) is 6.04 Å². The highest BCUT2D eigenvalue weighted by molar-refractivity contribution is 5.79. The van der Waals surface area contributed by atoms with E-state index < -0.39 is 0 Å². The molecule has 0 bridgehead atoms. The first-order valence-electron chi connectivity index (χ1n) is 7.78. The number of hydrogen-bond acceptors (Lipinski definition) is 1. The van der Waals surface area contributed by atoms with Crippen LogP contribution in [0.25, 0.3) is 0 Å². The Morgan fingerprint density at radius 1 is 1.09 bits per heavy atom. The summed E-state index contributed by atoms with van der Waals surface area (Å²) in [6, 6.07) is 16.6. The van der Waals surface area contributed by atoms with Crippen LogP contribution in [-0.4, -0.2) is 11.9 Å². The maximum Gasteiger partial charge on any atom is 0.224 e. The molecule has 1 aliphatic carbocycles. The number of hydrogen-bond donors (Lipinski definition) is 1. The SMILES string of the molecule is O=C(Cc1cccc(F)c1)NC(Cc1ccccc1)C1CC1. The number of rotatable bonds is 6. The molecule has 0 aromatic heterocycles. The second kappa shape index (κ2) is 6.73. The molecule has 1 atom stereocenters. The van der Waals surface area contributed by atoms with Crippen LogP contribution in [-0.2, 0) is 17.6 Å². The van der Waals surface area contributed by atoms with E-state index in [-0.39, 0.29) is 24.2 Å². The van der Waals surface area contributed by atoms with Gasteiger partial charge in [-0.1, -0.05) is 42.5 Å². The average Bonchev–Trinajstić information content (AvgIpc) is 3.32. The van der Waals surface area contributed by atoms with Crippen LogP contribution in [0.2, 0.25) is 0 Å². The van der Waals surface area contributed by atoms with Crippen LogP contribution in [0.1, 0.15) is 24.0 Å². The van der Waals surface area contributed by atoms with Crippen molar-refractivity contribution in [1.82, 2.24) is 5.32 Å². The van der Waals surface area contributed by atoms with E-state index in [4.69, 9.17) is 0 Å². The van der Waals surface area contributed by atoms with E-state index >= 15 is 0 Å². The zero-order valence-corrected chi connectivity index (χ0v) is 12.5. The first-order valence-corrected chi connectivity index (χ1v) is 7.78. The fourth-order valence-corrected chi connectivity index (χ4v) is 2.79. The van der Waals surface area contributed by atoms with Gasteiger partial charge in [0.05, 0.1) is 6.42 Å². The summed E-state index contributed by atoms with van der Waals surface area (Å²) in [6.07, 6.45) is 3.45. The van der Waals surface area contributed by atoms with Gasteiger partial charge in [0.2, 0.25) is 5.91 Å². The topological polar surface area (TPSA) is 29.1 Å². The van der Waals surface area contributed by atoms with Crippen molar-refractivity contribution in [2.75, 3.05) is 0 Å². The first kappa shape index (κ1) is 14.8. The summed E-state index contributed by atoms with van der Waals surface area (Å²) in [6.45, 7) is 0. The number of halogens is 1. The molecule has 22 heavy (non-hydrogen) atoms. The van der Waals surface area contributed by atoms with Crippen molar-refractivity contribution in [3.63, 3.8) is 0 Å². The maximum absolute atomic E-state index is 13.2. The van der Waals surface area contributed by atoms with Crippen molar-refractivity contribution >= 4 is 5.91 Å². The summed E-state index contributed by atoms with van der Waals surface area (Å²) in [4.78, 5) is 12.2. The number of benzene rings is 2. The number of nitrogens with one attached hydrogen (secondary N) is 1. The van der Waals surface area contributed by atoms with Crippen LogP contribution in [0.15, 0.2) is 54.6 Å². The summed E-state index contributed by atoms with van der Waals surface area (Å²) in [5, 5.41) is 3.13. The molecular formula is C19H20FNO. The Morgan fingerprint density at radius 3 is 2.50 bits per heavy atom. The lowest BCUT2D eigenvalue weighted by Gasteiger charge is -2.18. The van der Waals surface area contributed by atoms with Gasteiger partial charge in [-0.15, -0.1) is 0 Å². The molecule has 2 aromatic rings. The van der Waals surface area contributed by atoms with Gasteiger partial charge in [0.25, 0.3) is 0 Å². The quantitative estimate of drug-likeness (QED) is 0.868. The average molecular weight is 297 g/mol. The Bertz CT molecular complexity index is 637. The first-order chi connectivity index (χ1) is 10.7. The van der Waals surface area contributed by atoms with Gasteiger partial charge in [-0.3, -0.25) is 4.79 Å². The molecule has 1 aliphatic rings. The van der Waals surface area contributed by atoms with E-state index in [1.165, 1.54) is 30.5 Å². The van der Waals surface area contributed by atoms with Gasteiger partial charge < -0.3 is 5.32 Å². The lowest BCUT2D eigenvalue weighted by atomic mass is 10.0. The zero-order chi connectivity index (χ0) is 15.4. The largest absolute Gasteiger partial charge is 0.352 e. The second-order valence-electron chi connectivity index (χ2n) is 6.01. The lowest BCUT2D eigenvalue weighted by molar-refractivity contribution is -0.121. The fourth-order valence-electron chi connectivity index (χ4n) is 2.79. The third-order valence-electron chi connectivity index (χ3n) is 4.09. The molecular weight excluding hydrogens is 277 g/mol. The van der Waals surface area contributed by atoms with Crippen LogP contribution in [0.3, 0.4) is 0 Å². The summed E-state index contributed by atoms with van der Waals surface area (Å²) in [7, 11) is 0. The van der Waals surface area contributed by atoms with Crippen molar-refractivity contribution in [2.24, 2.45) is 5.92 Å². The van der Waals surface area contributed by atoms with Crippen molar-refractivity contribution in [3.8, 4) is 0 Å². The van der Waals surface area contributed by atoms with Gasteiger partial charge in [-0.25, -0.2) is 4.39 Å². The Morgan fingerprint density at radius 2 is 1.82 bits per heavy atom. The third-order valence-corrected chi connectivity index (χ3v) is 4.09. The summed E-state index contributed by atoms with van der Waals surface area (Å²) < 4.78 is 13.2.